The molecule has 2 rings (SSSR count). The molecule has 0 bridgehead atoms. The summed E-state index contributed by atoms with van der Waals surface area (Å²) in [5.74, 6) is 0.635. The topological polar surface area (TPSA) is 39.2 Å². The largest absolute Gasteiger partial charge is 0.374 e. The number of nitrogens with zero attached hydrogens (tertiary/aromatic N) is 1. The van der Waals surface area contributed by atoms with Crippen molar-refractivity contribution in [2.24, 2.45) is 5.92 Å². The molecular formula is C12H17NO2S. The van der Waals surface area contributed by atoms with Gasteiger partial charge < -0.3 is 4.74 Å². The van der Waals surface area contributed by atoms with Crippen LogP contribution < -0.4 is 0 Å². The molecule has 0 saturated carbocycles. The second kappa shape index (κ2) is 4.63. The Labute approximate surface area is 99.8 Å². The number of aryl methyl sites for hydroxylation is 1. The number of carbonyl (C=O) groups excluding carboxylic acids is 1. The van der Waals surface area contributed by atoms with Crippen LogP contribution in [0, 0.1) is 5.92 Å². The number of Topliss-reactive ketones (excluding diaryl/α,β-unsaturated/α-hetero) is 1. The normalized spacial score (nSPS) is 17.6. The molecule has 0 saturated heterocycles. The molecule has 1 unspecified atom stereocenters. The number of hydrogen-bond donors (Lipinski definition) is 0. The lowest BCUT2D eigenvalue weighted by Crippen LogP contribution is -2.09. The van der Waals surface area contributed by atoms with Gasteiger partial charge in [-0.1, -0.05) is 13.8 Å². The summed E-state index contributed by atoms with van der Waals surface area (Å²) in [6.45, 7) is 4.22. The molecule has 0 amide bonds. The van der Waals surface area contributed by atoms with Gasteiger partial charge in [-0.15, -0.1) is 11.3 Å². The molecule has 0 fully saturated rings. The predicted octanol–water partition coefficient (Wildman–Crippen LogP) is 3.01. The van der Waals surface area contributed by atoms with E-state index in [0.29, 0.717) is 12.3 Å². The number of ether oxygens (including phenoxy) is 1. The van der Waals surface area contributed by atoms with Crippen molar-refractivity contribution in [1.82, 2.24) is 4.98 Å². The zero-order chi connectivity index (χ0) is 11.7. The summed E-state index contributed by atoms with van der Waals surface area (Å²) in [6, 6.07) is 0. The molecule has 3 nitrogen and oxygen atoms in total. The first-order valence-corrected chi connectivity index (χ1v) is 6.50. The lowest BCUT2D eigenvalue weighted by molar-refractivity contribution is 0.0643. The van der Waals surface area contributed by atoms with Crippen LogP contribution >= 0.6 is 11.3 Å². The Morgan fingerprint density at radius 3 is 2.69 bits per heavy atom. The van der Waals surface area contributed by atoms with Crippen molar-refractivity contribution >= 4 is 17.1 Å². The molecule has 1 aromatic heterocycles. The molecule has 1 aliphatic carbocycles. The lowest BCUT2D eigenvalue weighted by Gasteiger charge is -2.15. The molecule has 4 heteroatoms. The van der Waals surface area contributed by atoms with Crippen LogP contribution in [0.4, 0.5) is 0 Å². The van der Waals surface area contributed by atoms with Crippen molar-refractivity contribution in [3.05, 3.63) is 15.6 Å². The standard InChI is InChI=1S/C12H17NO2S/c1-7(2)10(15-3)12-13-8-5-4-6-9(14)11(8)16-12/h7,10H,4-6H2,1-3H3. The fourth-order valence-corrected chi connectivity index (χ4v) is 3.40. The summed E-state index contributed by atoms with van der Waals surface area (Å²) in [5, 5.41) is 0.956. The van der Waals surface area contributed by atoms with Crippen molar-refractivity contribution in [2.45, 2.75) is 39.2 Å². The quantitative estimate of drug-likeness (QED) is 0.814. The molecule has 1 atom stereocenters. The molecule has 0 radical (unpaired) electrons. The second-order valence-electron chi connectivity index (χ2n) is 4.50. The molecule has 0 aliphatic heterocycles. The van der Waals surface area contributed by atoms with Crippen molar-refractivity contribution in [2.75, 3.05) is 7.11 Å². The van der Waals surface area contributed by atoms with Gasteiger partial charge in [-0.25, -0.2) is 4.98 Å². The van der Waals surface area contributed by atoms with E-state index in [1.165, 1.54) is 11.3 Å². The summed E-state index contributed by atoms with van der Waals surface area (Å²) in [5.41, 5.74) is 0.985. The highest BCUT2D eigenvalue weighted by atomic mass is 32.1. The van der Waals surface area contributed by atoms with Gasteiger partial charge in [0.1, 0.15) is 11.1 Å². The van der Waals surface area contributed by atoms with Crippen LogP contribution in [0.15, 0.2) is 0 Å². The number of ketones is 1. The average Bonchev–Trinajstić information content (AvgIpc) is 2.63. The van der Waals surface area contributed by atoms with Crippen LogP contribution in [0.25, 0.3) is 0 Å². The van der Waals surface area contributed by atoms with Crippen LogP contribution in [0.1, 0.15) is 53.2 Å². The van der Waals surface area contributed by atoms with Crippen LogP contribution in [-0.4, -0.2) is 17.9 Å². The zero-order valence-electron chi connectivity index (χ0n) is 9.95. The fourth-order valence-electron chi connectivity index (χ4n) is 2.07. The minimum absolute atomic E-state index is 0.0170. The van der Waals surface area contributed by atoms with Crippen molar-refractivity contribution in [3.63, 3.8) is 0 Å². The first kappa shape index (κ1) is 11.7. The summed E-state index contributed by atoms with van der Waals surface area (Å²) >= 11 is 1.52. The summed E-state index contributed by atoms with van der Waals surface area (Å²) in [6.07, 6.45) is 2.57. The smallest absolute Gasteiger partial charge is 0.174 e. The van der Waals surface area contributed by atoms with E-state index < -0.39 is 0 Å². The minimum Gasteiger partial charge on any atom is -0.374 e. The van der Waals surface area contributed by atoms with Crippen LogP contribution in [-0.2, 0) is 11.2 Å². The Balaban J connectivity index is 2.33. The highest BCUT2D eigenvalue weighted by Crippen LogP contribution is 2.33. The van der Waals surface area contributed by atoms with Gasteiger partial charge in [0.15, 0.2) is 5.78 Å². The van der Waals surface area contributed by atoms with E-state index in [-0.39, 0.29) is 11.9 Å². The Hall–Kier alpha value is -0.740. The van der Waals surface area contributed by atoms with Gasteiger partial charge in [-0.3, -0.25) is 4.79 Å². The van der Waals surface area contributed by atoms with E-state index in [9.17, 15) is 4.79 Å². The molecule has 0 aromatic carbocycles. The number of carbonyl (C=O) groups is 1. The van der Waals surface area contributed by atoms with Gasteiger partial charge in [-0.2, -0.15) is 0 Å². The SMILES string of the molecule is COC(c1nc2c(s1)C(=O)CCC2)C(C)C. The first-order valence-electron chi connectivity index (χ1n) is 5.69. The summed E-state index contributed by atoms with van der Waals surface area (Å²) in [7, 11) is 1.70. The van der Waals surface area contributed by atoms with Crippen molar-refractivity contribution < 1.29 is 9.53 Å². The highest BCUT2D eigenvalue weighted by molar-refractivity contribution is 7.14. The lowest BCUT2D eigenvalue weighted by atomic mass is 10.0. The van der Waals surface area contributed by atoms with Gasteiger partial charge >= 0.3 is 0 Å². The van der Waals surface area contributed by atoms with Gasteiger partial charge in [-0.05, 0) is 18.8 Å². The van der Waals surface area contributed by atoms with E-state index >= 15 is 0 Å². The summed E-state index contributed by atoms with van der Waals surface area (Å²) < 4.78 is 5.45. The van der Waals surface area contributed by atoms with Crippen LogP contribution in [0.5, 0.6) is 0 Å². The molecule has 0 spiro atoms. The third kappa shape index (κ3) is 2.04. The van der Waals surface area contributed by atoms with E-state index in [1.807, 2.05) is 0 Å². The molecule has 1 heterocycles. The fraction of sp³-hybridized carbons (Fsp3) is 0.667. The third-order valence-electron chi connectivity index (χ3n) is 2.89. The van der Waals surface area contributed by atoms with Gasteiger partial charge in [0.2, 0.25) is 0 Å². The second-order valence-corrected chi connectivity index (χ2v) is 5.54. The van der Waals surface area contributed by atoms with Crippen LogP contribution in [0.2, 0.25) is 0 Å². The third-order valence-corrected chi connectivity index (χ3v) is 4.09. The number of thiazole rings is 1. The maximum atomic E-state index is 11.7. The number of fused-ring (bicyclic) bond motifs is 1. The van der Waals surface area contributed by atoms with Gasteiger partial charge in [0, 0.05) is 13.5 Å². The van der Waals surface area contributed by atoms with E-state index in [0.717, 1.165) is 28.4 Å². The minimum atomic E-state index is 0.0170. The Morgan fingerprint density at radius 1 is 1.38 bits per heavy atom. The number of rotatable bonds is 3. The van der Waals surface area contributed by atoms with E-state index in [4.69, 9.17) is 4.74 Å². The predicted molar refractivity (Wildman–Crippen MR) is 64.0 cm³/mol. The Morgan fingerprint density at radius 2 is 2.12 bits per heavy atom. The average molecular weight is 239 g/mol. The van der Waals surface area contributed by atoms with Crippen molar-refractivity contribution in [1.29, 1.82) is 0 Å². The maximum absolute atomic E-state index is 11.7. The molecular weight excluding hydrogens is 222 g/mol. The summed E-state index contributed by atoms with van der Waals surface area (Å²) in [4.78, 5) is 17.1. The zero-order valence-corrected chi connectivity index (χ0v) is 10.8. The van der Waals surface area contributed by atoms with E-state index in [1.54, 1.807) is 7.11 Å². The first-order chi connectivity index (χ1) is 7.63. The molecule has 16 heavy (non-hydrogen) atoms. The van der Waals surface area contributed by atoms with Gasteiger partial charge in [0.05, 0.1) is 10.6 Å². The number of hydrogen-bond acceptors (Lipinski definition) is 4. The van der Waals surface area contributed by atoms with Crippen molar-refractivity contribution in [3.8, 4) is 0 Å². The highest BCUT2D eigenvalue weighted by Gasteiger charge is 2.26. The molecule has 0 N–H and O–H groups in total. The molecule has 1 aliphatic rings. The monoisotopic (exact) mass is 239 g/mol. The number of methoxy groups -OCH3 is 1. The van der Waals surface area contributed by atoms with Crippen LogP contribution in [0.3, 0.4) is 0 Å². The van der Waals surface area contributed by atoms with Gasteiger partial charge in [0.25, 0.3) is 0 Å². The number of aromatic nitrogens is 1. The van der Waals surface area contributed by atoms with E-state index in [2.05, 4.69) is 18.8 Å². The Bertz CT molecular complexity index is 398. The maximum Gasteiger partial charge on any atom is 0.174 e. The molecule has 88 valence electrons. The Kier molecular flexibility index (Phi) is 3.40. The molecule has 1 aromatic rings.